The van der Waals surface area contributed by atoms with Gasteiger partial charge in [0.25, 0.3) is 0 Å². The maximum atomic E-state index is 13.1. The molecule has 0 aromatic heterocycles. The molecule has 4 rings (SSSR count). The molecule has 1 heterocycles. The lowest BCUT2D eigenvalue weighted by atomic mass is 9.78. The zero-order chi connectivity index (χ0) is 20.5. The predicted octanol–water partition coefficient (Wildman–Crippen LogP) is 4.63. The highest BCUT2D eigenvalue weighted by molar-refractivity contribution is 6.26. The number of carbonyl (C=O) groups is 1. The number of hydrogen-bond donors (Lipinski definition) is 1. The summed E-state index contributed by atoms with van der Waals surface area (Å²) < 4.78 is 16.4. The Balaban J connectivity index is 1.77. The highest BCUT2D eigenvalue weighted by Gasteiger charge is 2.33. The van der Waals surface area contributed by atoms with Crippen molar-refractivity contribution in [2.24, 2.45) is 4.99 Å². The van der Waals surface area contributed by atoms with Crippen molar-refractivity contribution in [3.8, 4) is 17.2 Å². The van der Waals surface area contributed by atoms with E-state index in [-0.39, 0.29) is 11.7 Å². The topological polar surface area (TPSA) is 69.2 Å². The van der Waals surface area contributed by atoms with Crippen LogP contribution < -0.4 is 19.5 Å². The molecule has 2 aromatic carbocycles. The minimum atomic E-state index is -0.0169. The first-order valence-electron chi connectivity index (χ1n) is 9.53. The van der Waals surface area contributed by atoms with Crippen LogP contribution >= 0.6 is 0 Å². The van der Waals surface area contributed by atoms with Gasteiger partial charge in [0.2, 0.25) is 5.75 Å². The van der Waals surface area contributed by atoms with Gasteiger partial charge in [0.05, 0.1) is 44.0 Å². The molecule has 0 spiro atoms. The molecule has 1 fully saturated rings. The molecule has 6 nitrogen and oxygen atoms in total. The number of ether oxygens (including phenoxy) is 3. The molecule has 1 atom stereocenters. The van der Waals surface area contributed by atoms with Crippen LogP contribution in [0.4, 0.5) is 11.4 Å². The normalized spacial score (nSPS) is 18.1. The van der Waals surface area contributed by atoms with Gasteiger partial charge in [0, 0.05) is 12.1 Å². The van der Waals surface area contributed by atoms with Gasteiger partial charge in [-0.05, 0) is 49.1 Å². The number of anilines is 1. The number of methoxy groups -OCH3 is 3. The van der Waals surface area contributed by atoms with Crippen LogP contribution in [0, 0.1) is 0 Å². The SMILES string of the molecule is COc1cc(C2CC(=O)C3=C(C)Nc4ccccc4N=C3C2)cc(OC)c1OC. The minimum Gasteiger partial charge on any atom is -0.493 e. The summed E-state index contributed by atoms with van der Waals surface area (Å²) in [5.41, 5.74) is 5.09. The van der Waals surface area contributed by atoms with Gasteiger partial charge < -0.3 is 19.5 Å². The van der Waals surface area contributed by atoms with Crippen molar-refractivity contribution >= 4 is 22.9 Å². The van der Waals surface area contributed by atoms with Crippen LogP contribution in [-0.4, -0.2) is 32.8 Å². The lowest BCUT2D eigenvalue weighted by Gasteiger charge is -2.26. The monoisotopic (exact) mass is 392 g/mol. The molecule has 0 radical (unpaired) electrons. The number of nitrogens with one attached hydrogen (secondary N) is 1. The second-order valence-corrected chi connectivity index (χ2v) is 7.19. The molecule has 2 aliphatic rings. The second-order valence-electron chi connectivity index (χ2n) is 7.19. The second kappa shape index (κ2) is 7.62. The van der Waals surface area contributed by atoms with Crippen molar-refractivity contribution in [2.75, 3.05) is 26.6 Å². The quantitative estimate of drug-likeness (QED) is 0.821. The van der Waals surface area contributed by atoms with Crippen LogP contribution in [0.25, 0.3) is 0 Å². The van der Waals surface area contributed by atoms with E-state index in [9.17, 15) is 4.79 Å². The van der Waals surface area contributed by atoms with Gasteiger partial charge in [-0.25, -0.2) is 0 Å². The fourth-order valence-corrected chi connectivity index (χ4v) is 4.08. The van der Waals surface area contributed by atoms with Gasteiger partial charge in [-0.15, -0.1) is 0 Å². The number of rotatable bonds is 4. The Morgan fingerprint density at radius 3 is 2.34 bits per heavy atom. The van der Waals surface area contributed by atoms with E-state index in [0.717, 1.165) is 28.3 Å². The van der Waals surface area contributed by atoms with Gasteiger partial charge >= 0.3 is 0 Å². The lowest BCUT2D eigenvalue weighted by Crippen LogP contribution is -2.26. The van der Waals surface area contributed by atoms with Crippen molar-refractivity contribution in [1.29, 1.82) is 0 Å². The van der Waals surface area contributed by atoms with Gasteiger partial charge in [-0.3, -0.25) is 9.79 Å². The number of allylic oxidation sites excluding steroid dienone is 2. The Morgan fingerprint density at radius 1 is 1.00 bits per heavy atom. The number of para-hydroxylation sites is 2. The maximum Gasteiger partial charge on any atom is 0.203 e. The molecule has 1 aliphatic heterocycles. The summed E-state index contributed by atoms with van der Waals surface area (Å²) in [5, 5.41) is 3.35. The first kappa shape index (κ1) is 19.1. The van der Waals surface area contributed by atoms with E-state index in [1.54, 1.807) is 21.3 Å². The molecule has 0 amide bonds. The smallest absolute Gasteiger partial charge is 0.203 e. The van der Waals surface area contributed by atoms with E-state index in [1.165, 1.54) is 0 Å². The van der Waals surface area contributed by atoms with Gasteiger partial charge in [0.1, 0.15) is 0 Å². The van der Waals surface area contributed by atoms with Crippen LogP contribution in [0.5, 0.6) is 17.2 Å². The standard InChI is InChI=1S/C23H24N2O4/c1-13-22-18(25-17-8-6-5-7-16(17)24-13)9-14(10-19(22)26)15-11-20(27-2)23(29-4)21(12-15)28-3/h5-8,11-12,14,24H,9-10H2,1-4H3. The maximum absolute atomic E-state index is 13.1. The van der Waals surface area contributed by atoms with E-state index in [2.05, 4.69) is 5.32 Å². The van der Waals surface area contributed by atoms with Crippen molar-refractivity contribution in [3.05, 3.63) is 53.2 Å². The number of hydrogen-bond acceptors (Lipinski definition) is 6. The van der Waals surface area contributed by atoms with Crippen LogP contribution in [0.1, 0.15) is 31.2 Å². The third-order valence-corrected chi connectivity index (χ3v) is 5.45. The lowest BCUT2D eigenvalue weighted by molar-refractivity contribution is -0.115. The number of benzene rings is 2. The Hall–Kier alpha value is -3.28. The first-order chi connectivity index (χ1) is 14.0. The summed E-state index contributed by atoms with van der Waals surface area (Å²) in [5.74, 6) is 1.79. The zero-order valence-electron chi connectivity index (χ0n) is 17.0. The fraction of sp³-hybridized carbons (Fsp3) is 0.304. The molecule has 2 aromatic rings. The Bertz CT molecular complexity index is 1010. The number of ketones is 1. The summed E-state index contributed by atoms with van der Waals surface area (Å²) in [4.78, 5) is 17.9. The number of fused-ring (bicyclic) bond motifs is 2. The number of Topliss-reactive ketones (excluding diaryl/α,β-unsaturated/α-hetero) is 1. The number of nitrogens with zero attached hydrogens (tertiary/aromatic N) is 1. The summed E-state index contributed by atoms with van der Waals surface area (Å²) in [6.45, 7) is 1.94. The third-order valence-electron chi connectivity index (χ3n) is 5.45. The average molecular weight is 392 g/mol. The summed E-state index contributed by atoms with van der Waals surface area (Å²) in [6, 6.07) is 11.7. The summed E-state index contributed by atoms with van der Waals surface area (Å²) >= 11 is 0. The van der Waals surface area contributed by atoms with E-state index in [0.29, 0.717) is 35.7 Å². The number of carbonyl (C=O) groups excluding carboxylic acids is 1. The first-order valence-corrected chi connectivity index (χ1v) is 9.53. The van der Waals surface area contributed by atoms with E-state index in [4.69, 9.17) is 19.2 Å². The van der Waals surface area contributed by atoms with Crippen molar-refractivity contribution in [1.82, 2.24) is 0 Å². The van der Waals surface area contributed by atoms with E-state index >= 15 is 0 Å². The van der Waals surface area contributed by atoms with Crippen LogP contribution in [-0.2, 0) is 4.79 Å². The Kier molecular flexibility index (Phi) is 5.01. The molecule has 1 N–H and O–H groups in total. The zero-order valence-corrected chi connectivity index (χ0v) is 17.0. The highest BCUT2D eigenvalue weighted by atomic mass is 16.5. The van der Waals surface area contributed by atoms with Crippen LogP contribution in [0.2, 0.25) is 0 Å². The summed E-state index contributed by atoms with van der Waals surface area (Å²) in [6.07, 6.45) is 1.06. The van der Waals surface area contributed by atoms with Gasteiger partial charge in [0.15, 0.2) is 17.3 Å². The Morgan fingerprint density at radius 2 is 1.69 bits per heavy atom. The largest absolute Gasteiger partial charge is 0.493 e. The minimum absolute atomic E-state index is 0.0169. The molecule has 0 saturated heterocycles. The summed E-state index contributed by atoms with van der Waals surface area (Å²) in [7, 11) is 4.76. The van der Waals surface area contributed by atoms with Gasteiger partial charge in [-0.1, -0.05) is 12.1 Å². The van der Waals surface area contributed by atoms with Crippen molar-refractivity contribution in [2.45, 2.75) is 25.7 Å². The van der Waals surface area contributed by atoms with Crippen LogP contribution in [0.3, 0.4) is 0 Å². The van der Waals surface area contributed by atoms with Crippen molar-refractivity contribution in [3.63, 3.8) is 0 Å². The van der Waals surface area contributed by atoms with Gasteiger partial charge in [-0.2, -0.15) is 0 Å². The van der Waals surface area contributed by atoms with Crippen LogP contribution in [0.15, 0.2) is 52.7 Å². The molecule has 29 heavy (non-hydrogen) atoms. The molecular formula is C23H24N2O4. The predicted molar refractivity (Wildman–Crippen MR) is 113 cm³/mol. The number of aliphatic imine (C=N–C) groups is 1. The third kappa shape index (κ3) is 3.35. The van der Waals surface area contributed by atoms with E-state index in [1.807, 2.05) is 43.3 Å². The fourth-order valence-electron chi connectivity index (χ4n) is 4.08. The molecule has 0 bridgehead atoms. The van der Waals surface area contributed by atoms with E-state index < -0.39 is 0 Å². The molecule has 1 aliphatic carbocycles. The van der Waals surface area contributed by atoms with Crippen molar-refractivity contribution < 1.29 is 19.0 Å². The highest BCUT2D eigenvalue weighted by Crippen LogP contribution is 2.44. The molecule has 1 unspecified atom stereocenters. The molecular weight excluding hydrogens is 368 g/mol. The molecule has 150 valence electrons. The molecule has 6 heteroatoms. The average Bonchev–Trinajstić information content (AvgIpc) is 2.87. The molecule has 1 saturated carbocycles. The Labute approximate surface area is 170 Å².